The van der Waals surface area contributed by atoms with E-state index in [0.717, 1.165) is 15.8 Å². The van der Waals surface area contributed by atoms with E-state index < -0.39 is 0 Å². The molecular weight excluding hydrogens is 329 g/mol. The average Bonchev–Trinajstić information content (AvgIpc) is 2.09. The minimum atomic E-state index is 0.799. The van der Waals surface area contributed by atoms with Crippen molar-refractivity contribution in [1.29, 1.82) is 0 Å². The average molecular weight is 343 g/mol. The molecule has 0 bridgehead atoms. The first-order valence-electron chi connectivity index (χ1n) is 4.11. The summed E-state index contributed by atoms with van der Waals surface area (Å²) in [5, 5.41) is 0.799. The number of rotatable bonds is 2. The standard InChI is InChI=1S/C9H12ClN.CH2Br2/c1-11(2)7-8-3-5-9(10)6-4-8;2-1-3/h3-6H,7H2,1-2H3;1H2. The molecule has 0 unspecified atom stereocenters. The second-order valence-electron chi connectivity index (χ2n) is 2.97. The molecule has 0 saturated heterocycles. The van der Waals surface area contributed by atoms with Crippen molar-refractivity contribution in [3.05, 3.63) is 34.9 Å². The van der Waals surface area contributed by atoms with E-state index in [1.165, 1.54) is 5.56 Å². The summed E-state index contributed by atoms with van der Waals surface area (Å²) in [5.41, 5.74) is 1.29. The fraction of sp³-hybridized carbons (Fsp3) is 0.400. The van der Waals surface area contributed by atoms with E-state index in [1.54, 1.807) is 0 Å². The summed E-state index contributed by atoms with van der Waals surface area (Å²) in [5.74, 6) is 0. The van der Waals surface area contributed by atoms with Crippen LogP contribution >= 0.6 is 43.5 Å². The van der Waals surface area contributed by atoms with E-state index in [1.807, 2.05) is 24.3 Å². The lowest BCUT2D eigenvalue weighted by Gasteiger charge is -2.08. The highest BCUT2D eigenvalue weighted by atomic mass is 79.9. The highest BCUT2D eigenvalue weighted by Gasteiger charge is 1.93. The minimum Gasteiger partial charge on any atom is -0.305 e. The first-order valence-corrected chi connectivity index (χ1v) is 6.73. The Bertz CT molecular complexity index is 236. The summed E-state index contributed by atoms with van der Waals surface area (Å²) in [6.45, 7) is 0.969. The monoisotopic (exact) mass is 341 g/mol. The summed E-state index contributed by atoms with van der Waals surface area (Å²) < 4.78 is 0.875. The van der Waals surface area contributed by atoms with Gasteiger partial charge in [0, 0.05) is 11.6 Å². The Morgan fingerprint density at radius 2 is 1.57 bits per heavy atom. The van der Waals surface area contributed by atoms with Crippen molar-refractivity contribution >= 4 is 43.5 Å². The smallest absolute Gasteiger partial charge is 0.0588 e. The third-order valence-corrected chi connectivity index (χ3v) is 1.66. The molecule has 0 N–H and O–H groups in total. The summed E-state index contributed by atoms with van der Waals surface area (Å²) in [6, 6.07) is 7.92. The number of nitrogens with zero attached hydrogens (tertiary/aromatic N) is 1. The van der Waals surface area contributed by atoms with Crippen LogP contribution in [-0.4, -0.2) is 23.2 Å². The Hall–Kier alpha value is 0.430. The molecule has 14 heavy (non-hydrogen) atoms. The Labute approximate surface area is 108 Å². The number of hydrogen-bond acceptors (Lipinski definition) is 1. The van der Waals surface area contributed by atoms with Gasteiger partial charge >= 0.3 is 0 Å². The predicted molar refractivity (Wildman–Crippen MR) is 71.6 cm³/mol. The summed E-state index contributed by atoms with van der Waals surface area (Å²) in [7, 11) is 4.10. The van der Waals surface area contributed by atoms with E-state index >= 15 is 0 Å². The second kappa shape index (κ2) is 8.72. The summed E-state index contributed by atoms with van der Waals surface area (Å²) >= 11 is 11.9. The highest BCUT2D eigenvalue weighted by Crippen LogP contribution is 2.09. The lowest BCUT2D eigenvalue weighted by molar-refractivity contribution is 0.402. The van der Waals surface area contributed by atoms with E-state index in [9.17, 15) is 0 Å². The molecule has 0 heterocycles. The van der Waals surface area contributed by atoms with Crippen molar-refractivity contribution in [1.82, 2.24) is 4.90 Å². The Morgan fingerprint density at radius 1 is 1.14 bits per heavy atom. The molecule has 1 nitrogen and oxygen atoms in total. The van der Waals surface area contributed by atoms with Crippen LogP contribution in [0.4, 0.5) is 0 Å². The lowest BCUT2D eigenvalue weighted by Crippen LogP contribution is -2.10. The van der Waals surface area contributed by atoms with Gasteiger partial charge in [0.2, 0.25) is 0 Å². The molecule has 0 aromatic heterocycles. The van der Waals surface area contributed by atoms with Crippen LogP contribution < -0.4 is 0 Å². The Kier molecular flexibility index (Phi) is 8.98. The van der Waals surface area contributed by atoms with Crippen molar-refractivity contribution in [3.63, 3.8) is 0 Å². The fourth-order valence-corrected chi connectivity index (χ4v) is 1.08. The van der Waals surface area contributed by atoms with Gasteiger partial charge in [0.1, 0.15) is 0 Å². The van der Waals surface area contributed by atoms with Gasteiger partial charge in [-0.15, -0.1) is 0 Å². The van der Waals surface area contributed by atoms with Gasteiger partial charge in [0.25, 0.3) is 0 Å². The fourth-order valence-electron chi connectivity index (χ4n) is 0.955. The van der Waals surface area contributed by atoms with Crippen LogP contribution in [0.1, 0.15) is 5.56 Å². The van der Waals surface area contributed by atoms with Crippen molar-refractivity contribution in [2.75, 3.05) is 18.3 Å². The maximum atomic E-state index is 5.73. The van der Waals surface area contributed by atoms with Crippen molar-refractivity contribution in [2.45, 2.75) is 6.54 Å². The van der Waals surface area contributed by atoms with Crippen LogP contribution in [0.15, 0.2) is 24.3 Å². The van der Waals surface area contributed by atoms with E-state index in [0.29, 0.717) is 0 Å². The first-order chi connectivity index (χ1) is 6.60. The molecule has 0 fully saturated rings. The van der Waals surface area contributed by atoms with Crippen LogP contribution in [0.25, 0.3) is 0 Å². The first kappa shape index (κ1) is 14.4. The van der Waals surface area contributed by atoms with E-state index in [4.69, 9.17) is 11.6 Å². The lowest BCUT2D eigenvalue weighted by atomic mass is 10.2. The molecule has 80 valence electrons. The van der Waals surface area contributed by atoms with Crippen molar-refractivity contribution in [3.8, 4) is 0 Å². The number of hydrogen-bond donors (Lipinski definition) is 0. The van der Waals surface area contributed by atoms with Gasteiger partial charge in [0.15, 0.2) is 0 Å². The molecule has 0 saturated carbocycles. The quantitative estimate of drug-likeness (QED) is 0.730. The molecule has 0 aliphatic carbocycles. The Balaban J connectivity index is 0.000000500. The number of benzene rings is 1. The predicted octanol–water partition coefficient (Wildman–Crippen LogP) is 4.14. The minimum absolute atomic E-state index is 0.799. The zero-order chi connectivity index (χ0) is 11.0. The molecule has 0 radical (unpaired) electrons. The van der Waals surface area contributed by atoms with Crippen LogP contribution in [-0.2, 0) is 6.54 Å². The molecule has 0 aliphatic rings. The SMILES string of the molecule is BrCBr.CN(C)Cc1ccc(Cl)cc1. The Morgan fingerprint density at radius 3 is 1.93 bits per heavy atom. The van der Waals surface area contributed by atoms with E-state index in [-0.39, 0.29) is 0 Å². The van der Waals surface area contributed by atoms with Gasteiger partial charge in [-0.05, 0) is 31.8 Å². The molecule has 0 amide bonds. The maximum Gasteiger partial charge on any atom is 0.0588 e. The van der Waals surface area contributed by atoms with Gasteiger partial charge in [-0.25, -0.2) is 0 Å². The van der Waals surface area contributed by atoms with Crippen LogP contribution in [0.2, 0.25) is 5.02 Å². The van der Waals surface area contributed by atoms with Gasteiger partial charge in [-0.2, -0.15) is 0 Å². The maximum absolute atomic E-state index is 5.73. The van der Waals surface area contributed by atoms with Gasteiger partial charge in [-0.3, -0.25) is 0 Å². The van der Waals surface area contributed by atoms with Gasteiger partial charge in [0.05, 0.1) is 4.24 Å². The topological polar surface area (TPSA) is 3.24 Å². The van der Waals surface area contributed by atoms with Gasteiger partial charge in [-0.1, -0.05) is 55.6 Å². The molecule has 1 aromatic rings. The third kappa shape index (κ3) is 7.80. The molecule has 0 aliphatic heterocycles. The van der Waals surface area contributed by atoms with Crippen LogP contribution in [0.5, 0.6) is 0 Å². The van der Waals surface area contributed by atoms with Gasteiger partial charge < -0.3 is 4.90 Å². The third-order valence-electron chi connectivity index (χ3n) is 1.41. The molecule has 1 rings (SSSR count). The largest absolute Gasteiger partial charge is 0.305 e. The zero-order valence-corrected chi connectivity index (χ0v) is 12.2. The molecule has 1 aromatic carbocycles. The molecule has 0 atom stereocenters. The summed E-state index contributed by atoms with van der Waals surface area (Å²) in [6.07, 6.45) is 0. The van der Waals surface area contributed by atoms with Crippen molar-refractivity contribution < 1.29 is 0 Å². The summed E-state index contributed by atoms with van der Waals surface area (Å²) in [4.78, 5) is 2.13. The molecule has 4 heteroatoms. The normalized spacial score (nSPS) is 9.57. The van der Waals surface area contributed by atoms with Crippen LogP contribution in [0.3, 0.4) is 0 Å². The zero-order valence-electron chi connectivity index (χ0n) is 8.30. The van der Waals surface area contributed by atoms with Crippen molar-refractivity contribution in [2.24, 2.45) is 0 Å². The molecule has 0 spiro atoms. The molecular formula is C10H14Br2ClN. The van der Waals surface area contributed by atoms with E-state index in [2.05, 4.69) is 50.9 Å². The number of halogens is 3. The number of alkyl halides is 2. The highest BCUT2D eigenvalue weighted by molar-refractivity contribution is 9.24. The second-order valence-corrected chi connectivity index (χ2v) is 6.03. The van der Waals surface area contributed by atoms with Crippen LogP contribution in [0, 0.1) is 0 Å².